The Morgan fingerprint density at radius 2 is 1.27 bits per heavy atom. The number of nitrogens with one attached hydrogen (secondary N) is 1. The number of rotatable bonds is 10. The maximum absolute atomic E-state index is 13.1. The van der Waals surface area contributed by atoms with Crippen LogP contribution in [0.5, 0.6) is 0 Å². The summed E-state index contributed by atoms with van der Waals surface area (Å²) < 4.78 is 17.6. The number of nitrogens with zero attached hydrogens (tertiary/aromatic N) is 8. The van der Waals surface area contributed by atoms with Crippen LogP contribution in [0.2, 0.25) is 5.15 Å². The van der Waals surface area contributed by atoms with Crippen LogP contribution in [0.1, 0.15) is 99.6 Å². The summed E-state index contributed by atoms with van der Waals surface area (Å²) in [5.41, 5.74) is 6.97. The van der Waals surface area contributed by atoms with E-state index in [1.807, 2.05) is 86.3 Å². The van der Waals surface area contributed by atoms with Crippen LogP contribution in [0.4, 0.5) is 10.6 Å². The van der Waals surface area contributed by atoms with Crippen LogP contribution in [-0.4, -0.2) is 92.8 Å². The summed E-state index contributed by atoms with van der Waals surface area (Å²) in [6, 6.07) is 18.5. The van der Waals surface area contributed by atoms with Gasteiger partial charge >= 0.3 is 18.0 Å². The van der Waals surface area contributed by atoms with E-state index < -0.39 is 34.9 Å². The number of halogens is 1. The second-order valence-electron chi connectivity index (χ2n) is 18.3. The highest BCUT2D eigenvalue weighted by Crippen LogP contribution is 2.32. The fourth-order valence-corrected chi connectivity index (χ4v) is 7.07. The normalized spacial score (nSPS) is 14.3. The Hall–Kier alpha value is -6.49. The first-order valence-electron chi connectivity index (χ1n) is 21.1. The molecule has 17 nitrogen and oxygen atoms in total. The molecule has 1 fully saturated rings. The summed E-state index contributed by atoms with van der Waals surface area (Å²) >= 11 is 6.41. The average molecular weight is 895 g/mol. The van der Waals surface area contributed by atoms with Crippen molar-refractivity contribution in [2.75, 3.05) is 11.4 Å². The largest absolute Gasteiger partial charge is 0.460 e. The van der Waals surface area contributed by atoms with Crippen molar-refractivity contribution in [2.45, 2.75) is 124 Å². The minimum absolute atomic E-state index is 0.0278. The molecule has 64 heavy (non-hydrogen) atoms. The van der Waals surface area contributed by atoms with Gasteiger partial charge in [0.25, 0.3) is 0 Å². The molecule has 6 aromatic rings. The summed E-state index contributed by atoms with van der Waals surface area (Å²) in [7, 11) is 0. The molecule has 2 aromatic carbocycles. The maximum atomic E-state index is 13.1. The highest BCUT2D eigenvalue weighted by atomic mass is 35.5. The molecule has 7 rings (SSSR count). The number of ether oxygens (including phenoxy) is 3. The monoisotopic (exact) mass is 894 g/mol. The number of amides is 1. The van der Waals surface area contributed by atoms with Gasteiger partial charge in [0, 0.05) is 30.5 Å². The molecule has 0 aliphatic carbocycles. The predicted octanol–water partition coefficient (Wildman–Crippen LogP) is 7.95. The number of benzene rings is 2. The lowest BCUT2D eigenvalue weighted by Gasteiger charge is -2.23. The Bertz CT molecular complexity index is 2650. The van der Waals surface area contributed by atoms with E-state index in [4.69, 9.17) is 36.5 Å². The number of imidazole rings is 2. The van der Waals surface area contributed by atoms with Crippen molar-refractivity contribution in [3.05, 3.63) is 77.5 Å². The smallest absolute Gasteiger partial charge is 0.421 e. The average Bonchev–Trinajstić information content (AvgIpc) is 3.95. The first-order chi connectivity index (χ1) is 30.0. The Kier molecular flexibility index (Phi) is 14.0. The highest BCUT2D eigenvalue weighted by Gasteiger charge is 2.33. The van der Waals surface area contributed by atoms with E-state index in [0.29, 0.717) is 59.7 Å². The van der Waals surface area contributed by atoms with E-state index in [1.54, 1.807) is 41.5 Å². The molecule has 1 amide bonds. The number of aromatic amines is 1. The summed E-state index contributed by atoms with van der Waals surface area (Å²) in [5.74, 6) is 1.32. The first kappa shape index (κ1) is 47.0. The number of aromatic nitrogens is 8. The van der Waals surface area contributed by atoms with Crippen molar-refractivity contribution in [2.24, 2.45) is 5.73 Å². The zero-order valence-corrected chi connectivity index (χ0v) is 38.4. The Labute approximate surface area is 376 Å². The number of carbonyl (C=O) groups is 4. The Balaban J connectivity index is 0.000000213. The molecule has 0 spiro atoms. The van der Waals surface area contributed by atoms with E-state index in [2.05, 4.69) is 29.9 Å². The summed E-state index contributed by atoms with van der Waals surface area (Å²) in [6.45, 7) is 16.9. The van der Waals surface area contributed by atoms with E-state index in [1.165, 1.54) is 4.57 Å². The highest BCUT2D eigenvalue weighted by molar-refractivity contribution is 6.33. The molecule has 338 valence electrons. The summed E-state index contributed by atoms with van der Waals surface area (Å²) in [4.78, 5) is 82.0. The molecule has 18 heteroatoms. The summed E-state index contributed by atoms with van der Waals surface area (Å²) in [5, 5.41) is 0.106. The number of nitrogens with two attached hydrogens (primary N) is 1. The van der Waals surface area contributed by atoms with Gasteiger partial charge in [-0.15, -0.1) is 0 Å². The summed E-state index contributed by atoms with van der Waals surface area (Å²) in [6.07, 6.45) is 1.61. The number of H-pyrrole nitrogens is 1. The number of hydrogen-bond acceptors (Lipinski definition) is 14. The van der Waals surface area contributed by atoms with Crippen LogP contribution in [0, 0.1) is 0 Å². The molecule has 4 aromatic heterocycles. The molecule has 1 saturated heterocycles. The maximum Gasteiger partial charge on any atom is 0.421 e. The van der Waals surface area contributed by atoms with E-state index in [0.717, 1.165) is 17.5 Å². The van der Waals surface area contributed by atoms with Crippen LogP contribution in [-0.2, 0) is 41.4 Å². The number of anilines is 1. The van der Waals surface area contributed by atoms with Gasteiger partial charge in [-0.3, -0.25) is 14.4 Å². The Morgan fingerprint density at radius 3 is 1.81 bits per heavy atom. The fraction of sp³-hybridized carbons (Fsp3) is 0.435. The quantitative estimate of drug-likeness (QED) is 0.0757. The number of aryl methyl sites for hydroxylation is 2. The van der Waals surface area contributed by atoms with Crippen molar-refractivity contribution in [1.29, 1.82) is 0 Å². The van der Waals surface area contributed by atoms with Crippen molar-refractivity contribution in [3.8, 4) is 22.8 Å². The van der Waals surface area contributed by atoms with Gasteiger partial charge in [-0.05, 0) is 75.2 Å². The number of primary amides is 1. The minimum atomic E-state index is -0.741. The molecule has 0 unspecified atom stereocenters. The number of hydrogen-bond donors (Lipinski definition) is 2. The lowest BCUT2D eigenvalue weighted by Crippen LogP contribution is -2.41. The third-order valence-electron chi connectivity index (χ3n) is 9.37. The molecular weight excluding hydrogens is 840 g/mol. The topological polar surface area (TPSA) is 223 Å². The van der Waals surface area contributed by atoms with Gasteiger partial charge < -0.3 is 29.8 Å². The predicted molar refractivity (Wildman–Crippen MR) is 242 cm³/mol. The molecule has 5 heterocycles. The first-order valence-corrected chi connectivity index (χ1v) is 21.5. The molecule has 1 atom stereocenters. The van der Waals surface area contributed by atoms with Gasteiger partial charge in [0.2, 0.25) is 5.91 Å². The van der Waals surface area contributed by atoms with Crippen LogP contribution in [0.25, 0.3) is 45.1 Å². The second-order valence-corrected chi connectivity index (χ2v) is 18.6. The van der Waals surface area contributed by atoms with Crippen LogP contribution in [0.3, 0.4) is 0 Å². The van der Waals surface area contributed by atoms with Crippen molar-refractivity contribution >= 4 is 63.7 Å². The number of fused-ring (bicyclic) bond motifs is 2. The van der Waals surface area contributed by atoms with Crippen molar-refractivity contribution < 1.29 is 33.4 Å². The molecule has 1 aliphatic heterocycles. The lowest BCUT2D eigenvalue weighted by molar-refractivity contribution is -0.155. The molecular formula is C46H55ClN10O7. The minimum Gasteiger partial charge on any atom is -0.460 e. The molecule has 0 radical (unpaired) electrons. The standard InChI is InChI=1S/C23H27ClN4O4.C23H28N6O3/c1-22(2,3)31-16(29)13-12-15-25-17-18(24)26-19(14-10-8-7-9-11-14)27-20(17)28(15)21(30)32-23(4,5)6;1-23(2,3)32-17(30)12-11-16-25-18-21(26-16)27-20(14-8-5-4-6-9-14)28-22(18)29-13-7-10-15(29)19(24)31/h7-11H,12-13H2,1-6H3;4-6,8-9,15H,7,10-13H2,1-3H3,(H2,24,31)(H,25,26,27,28)/t;15-/m.0/s1. The zero-order valence-electron chi connectivity index (χ0n) is 37.7. The van der Waals surface area contributed by atoms with Crippen molar-refractivity contribution in [1.82, 2.24) is 39.5 Å². The Morgan fingerprint density at radius 1 is 0.719 bits per heavy atom. The van der Waals surface area contributed by atoms with Crippen LogP contribution < -0.4 is 10.6 Å². The van der Waals surface area contributed by atoms with Crippen LogP contribution in [0.15, 0.2) is 60.7 Å². The fourth-order valence-electron chi connectivity index (χ4n) is 6.86. The van der Waals surface area contributed by atoms with E-state index >= 15 is 0 Å². The van der Waals surface area contributed by atoms with Crippen molar-refractivity contribution in [3.63, 3.8) is 0 Å². The third-order valence-corrected chi connectivity index (χ3v) is 9.63. The zero-order chi connectivity index (χ0) is 46.6. The third kappa shape index (κ3) is 12.2. The SMILES string of the molecule is CC(C)(C)OC(=O)CCc1nc2c(Cl)nc(-c3ccccc3)nc2n1C(=O)OC(C)(C)C.CC(C)(C)OC(=O)CCc1nc2nc(-c3ccccc3)nc(N3CCC[C@H]3C(N)=O)c2[nH]1. The van der Waals surface area contributed by atoms with E-state index in [9.17, 15) is 19.2 Å². The number of esters is 2. The van der Waals surface area contributed by atoms with Gasteiger partial charge in [0.15, 0.2) is 33.9 Å². The number of carbonyl (C=O) groups excluding carboxylic acids is 4. The van der Waals surface area contributed by atoms with Gasteiger partial charge in [-0.2, -0.15) is 0 Å². The lowest BCUT2D eigenvalue weighted by atomic mass is 10.2. The van der Waals surface area contributed by atoms with Gasteiger partial charge in [-0.25, -0.2) is 39.3 Å². The van der Waals surface area contributed by atoms with E-state index in [-0.39, 0.29) is 47.5 Å². The van der Waals surface area contributed by atoms with Gasteiger partial charge in [0.05, 0.1) is 12.8 Å². The molecule has 0 bridgehead atoms. The van der Waals surface area contributed by atoms with Gasteiger partial charge in [0.1, 0.15) is 45.5 Å². The molecule has 3 N–H and O–H groups in total. The molecule has 1 aliphatic rings. The molecule has 0 saturated carbocycles. The second kappa shape index (κ2) is 19.1. The van der Waals surface area contributed by atoms with Crippen LogP contribution >= 0.6 is 11.6 Å². The van der Waals surface area contributed by atoms with Gasteiger partial charge in [-0.1, -0.05) is 72.3 Å².